The molecule has 148 valence electrons. The standard InChI is InChI=1S/C21H17Cl2N3O2S/c22-19-8-7-15(10-20(19)23)29(27,28)26-13-17(14-4-3-9-24-11-14)18-12-25-21-6-2-1-5-16(18)21/h1-12,17,25-26H,13H2. The van der Waals surface area contributed by atoms with Gasteiger partial charge in [0, 0.05) is 42.0 Å². The van der Waals surface area contributed by atoms with Gasteiger partial charge in [0.1, 0.15) is 0 Å². The molecule has 0 saturated carbocycles. The third-order valence-electron chi connectivity index (χ3n) is 4.76. The number of H-pyrrole nitrogens is 1. The fourth-order valence-corrected chi connectivity index (χ4v) is 4.73. The normalized spacial score (nSPS) is 12.9. The molecule has 0 saturated heterocycles. The third-order valence-corrected chi connectivity index (χ3v) is 6.92. The fourth-order valence-electron chi connectivity index (χ4n) is 3.29. The smallest absolute Gasteiger partial charge is 0.240 e. The molecule has 8 heteroatoms. The molecule has 0 spiro atoms. The summed E-state index contributed by atoms with van der Waals surface area (Å²) < 4.78 is 28.4. The summed E-state index contributed by atoms with van der Waals surface area (Å²) >= 11 is 11.9. The number of benzene rings is 2. The number of hydrogen-bond acceptors (Lipinski definition) is 3. The molecule has 1 atom stereocenters. The molecule has 0 aliphatic rings. The van der Waals surface area contributed by atoms with Crippen LogP contribution in [0.4, 0.5) is 0 Å². The molecule has 0 aliphatic heterocycles. The van der Waals surface area contributed by atoms with Crippen molar-refractivity contribution in [2.75, 3.05) is 6.54 Å². The van der Waals surface area contributed by atoms with E-state index in [2.05, 4.69) is 14.7 Å². The lowest BCUT2D eigenvalue weighted by molar-refractivity contribution is 0.577. The molecule has 4 rings (SSSR count). The first kappa shape index (κ1) is 19.9. The van der Waals surface area contributed by atoms with Gasteiger partial charge in [-0.05, 0) is 41.5 Å². The van der Waals surface area contributed by atoms with Gasteiger partial charge in [-0.2, -0.15) is 0 Å². The van der Waals surface area contributed by atoms with Gasteiger partial charge in [0.05, 0.1) is 14.9 Å². The summed E-state index contributed by atoms with van der Waals surface area (Å²) in [6, 6.07) is 15.9. The average molecular weight is 446 g/mol. The second-order valence-electron chi connectivity index (χ2n) is 6.56. The number of halogens is 2. The zero-order valence-corrected chi connectivity index (χ0v) is 17.5. The van der Waals surface area contributed by atoms with Gasteiger partial charge in [-0.3, -0.25) is 4.98 Å². The van der Waals surface area contributed by atoms with Gasteiger partial charge in [-0.1, -0.05) is 47.5 Å². The molecule has 0 amide bonds. The maximum absolute atomic E-state index is 12.8. The van der Waals surface area contributed by atoms with Crippen LogP contribution >= 0.6 is 23.2 Å². The average Bonchev–Trinajstić information content (AvgIpc) is 3.15. The number of rotatable bonds is 6. The number of fused-ring (bicyclic) bond motifs is 1. The van der Waals surface area contributed by atoms with Crippen LogP contribution in [0.2, 0.25) is 10.0 Å². The molecule has 2 heterocycles. The highest BCUT2D eigenvalue weighted by Crippen LogP contribution is 2.31. The Bertz CT molecular complexity index is 1260. The predicted molar refractivity (Wildman–Crippen MR) is 116 cm³/mol. The van der Waals surface area contributed by atoms with Crippen LogP contribution in [0, 0.1) is 0 Å². The minimum atomic E-state index is -3.77. The van der Waals surface area contributed by atoms with E-state index in [0.29, 0.717) is 5.02 Å². The molecular formula is C21H17Cl2N3O2S. The lowest BCUT2D eigenvalue weighted by Crippen LogP contribution is -2.29. The molecule has 2 aromatic heterocycles. The van der Waals surface area contributed by atoms with E-state index in [9.17, 15) is 8.42 Å². The molecular weight excluding hydrogens is 429 g/mol. The lowest BCUT2D eigenvalue weighted by Gasteiger charge is -2.18. The van der Waals surface area contributed by atoms with Gasteiger partial charge in [-0.25, -0.2) is 13.1 Å². The Morgan fingerprint density at radius 2 is 1.86 bits per heavy atom. The van der Waals surface area contributed by atoms with Gasteiger partial charge >= 0.3 is 0 Å². The van der Waals surface area contributed by atoms with E-state index in [1.165, 1.54) is 18.2 Å². The number of para-hydroxylation sites is 1. The summed E-state index contributed by atoms with van der Waals surface area (Å²) in [5.74, 6) is -0.225. The van der Waals surface area contributed by atoms with Crippen LogP contribution in [0.1, 0.15) is 17.0 Å². The highest BCUT2D eigenvalue weighted by Gasteiger charge is 2.22. The van der Waals surface area contributed by atoms with Crippen LogP contribution in [0.15, 0.2) is 78.1 Å². The quantitative estimate of drug-likeness (QED) is 0.439. The van der Waals surface area contributed by atoms with Crippen molar-refractivity contribution in [1.82, 2.24) is 14.7 Å². The molecule has 29 heavy (non-hydrogen) atoms. The Kier molecular flexibility index (Phi) is 5.61. The number of aromatic amines is 1. The zero-order valence-electron chi connectivity index (χ0n) is 15.1. The minimum Gasteiger partial charge on any atom is -0.361 e. The molecule has 0 radical (unpaired) electrons. The largest absolute Gasteiger partial charge is 0.361 e. The first-order chi connectivity index (χ1) is 14.0. The van der Waals surface area contributed by atoms with Crippen LogP contribution in [-0.4, -0.2) is 24.9 Å². The second-order valence-corrected chi connectivity index (χ2v) is 9.14. The first-order valence-corrected chi connectivity index (χ1v) is 11.1. The summed E-state index contributed by atoms with van der Waals surface area (Å²) in [4.78, 5) is 7.52. The molecule has 2 N–H and O–H groups in total. The Hall–Kier alpha value is -2.38. The van der Waals surface area contributed by atoms with Crippen LogP contribution in [0.5, 0.6) is 0 Å². The maximum atomic E-state index is 12.8. The monoisotopic (exact) mass is 445 g/mol. The van der Waals surface area contributed by atoms with Gasteiger partial charge in [0.25, 0.3) is 0 Å². The summed E-state index contributed by atoms with van der Waals surface area (Å²) in [5.41, 5.74) is 2.89. The molecule has 2 aromatic carbocycles. The van der Waals surface area contributed by atoms with Crippen molar-refractivity contribution in [1.29, 1.82) is 0 Å². The summed E-state index contributed by atoms with van der Waals surface area (Å²) in [7, 11) is -3.77. The van der Waals surface area contributed by atoms with Crippen molar-refractivity contribution in [2.24, 2.45) is 0 Å². The Morgan fingerprint density at radius 1 is 1.03 bits per heavy atom. The molecule has 0 bridgehead atoms. The Morgan fingerprint density at radius 3 is 2.62 bits per heavy atom. The third kappa shape index (κ3) is 4.16. The summed E-state index contributed by atoms with van der Waals surface area (Å²) in [6.45, 7) is 0.163. The Balaban J connectivity index is 1.69. The summed E-state index contributed by atoms with van der Waals surface area (Å²) in [6.07, 6.45) is 5.35. The molecule has 4 aromatic rings. The van der Waals surface area contributed by atoms with Crippen LogP contribution in [0.25, 0.3) is 10.9 Å². The van der Waals surface area contributed by atoms with Crippen molar-refractivity contribution < 1.29 is 8.42 Å². The van der Waals surface area contributed by atoms with Crippen molar-refractivity contribution in [2.45, 2.75) is 10.8 Å². The van der Waals surface area contributed by atoms with E-state index in [1.807, 2.05) is 42.6 Å². The van der Waals surface area contributed by atoms with Crippen molar-refractivity contribution in [3.8, 4) is 0 Å². The number of pyridine rings is 1. The van der Waals surface area contributed by atoms with Gasteiger partial charge < -0.3 is 4.98 Å². The highest BCUT2D eigenvalue weighted by molar-refractivity contribution is 7.89. The summed E-state index contributed by atoms with van der Waals surface area (Å²) in [5, 5.41) is 1.53. The predicted octanol–water partition coefficient (Wildman–Crippen LogP) is 4.98. The minimum absolute atomic E-state index is 0.0655. The topological polar surface area (TPSA) is 74.8 Å². The molecule has 1 unspecified atom stereocenters. The maximum Gasteiger partial charge on any atom is 0.240 e. The zero-order chi connectivity index (χ0) is 20.4. The van der Waals surface area contributed by atoms with Crippen LogP contribution in [0.3, 0.4) is 0 Å². The van der Waals surface area contributed by atoms with E-state index in [-0.39, 0.29) is 22.4 Å². The SMILES string of the molecule is O=S(=O)(NCC(c1cccnc1)c1c[nH]c2ccccc12)c1ccc(Cl)c(Cl)c1. The van der Waals surface area contributed by atoms with Gasteiger partial charge in [0.2, 0.25) is 10.0 Å². The number of nitrogens with zero attached hydrogens (tertiary/aromatic N) is 1. The van der Waals surface area contributed by atoms with Crippen LogP contribution < -0.4 is 4.72 Å². The number of aromatic nitrogens is 2. The fraction of sp³-hybridized carbons (Fsp3) is 0.0952. The van der Waals surface area contributed by atoms with Crippen molar-refractivity contribution in [3.63, 3.8) is 0 Å². The molecule has 5 nitrogen and oxygen atoms in total. The van der Waals surface area contributed by atoms with Gasteiger partial charge in [-0.15, -0.1) is 0 Å². The van der Waals surface area contributed by atoms with E-state index >= 15 is 0 Å². The van der Waals surface area contributed by atoms with E-state index in [4.69, 9.17) is 23.2 Å². The number of nitrogens with one attached hydrogen (secondary N) is 2. The number of sulfonamides is 1. The van der Waals surface area contributed by atoms with Crippen molar-refractivity contribution in [3.05, 3.63) is 94.4 Å². The second kappa shape index (κ2) is 8.16. The van der Waals surface area contributed by atoms with E-state index in [1.54, 1.807) is 12.4 Å². The Labute approximate surface area is 178 Å². The van der Waals surface area contributed by atoms with E-state index < -0.39 is 10.0 Å². The molecule has 0 fully saturated rings. The molecule has 0 aliphatic carbocycles. The van der Waals surface area contributed by atoms with Gasteiger partial charge in [0.15, 0.2) is 0 Å². The lowest BCUT2D eigenvalue weighted by atomic mass is 9.92. The highest BCUT2D eigenvalue weighted by atomic mass is 35.5. The van der Waals surface area contributed by atoms with Crippen LogP contribution in [-0.2, 0) is 10.0 Å². The first-order valence-electron chi connectivity index (χ1n) is 8.86. The number of hydrogen-bond donors (Lipinski definition) is 2. The van der Waals surface area contributed by atoms with E-state index in [0.717, 1.165) is 22.0 Å². The van der Waals surface area contributed by atoms with Crippen molar-refractivity contribution >= 4 is 44.1 Å².